The summed E-state index contributed by atoms with van der Waals surface area (Å²) in [5.74, 6) is 0.615. The summed E-state index contributed by atoms with van der Waals surface area (Å²) in [5.41, 5.74) is 0.275. The molecule has 2 saturated heterocycles. The van der Waals surface area contributed by atoms with Gasteiger partial charge in [-0.05, 0) is 60.4 Å². The Morgan fingerprint density at radius 3 is 2.56 bits per heavy atom. The number of nitrogens with zero attached hydrogens (tertiary/aromatic N) is 2. The van der Waals surface area contributed by atoms with Gasteiger partial charge in [-0.2, -0.15) is 0 Å². The Bertz CT molecular complexity index is 1360. The minimum absolute atomic E-state index is 0.227. The maximum Gasteiger partial charge on any atom is 0.325 e. The van der Waals surface area contributed by atoms with Gasteiger partial charge in [-0.1, -0.05) is 36.4 Å². The molecule has 0 saturated carbocycles. The fourth-order valence-corrected chi connectivity index (χ4v) is 5.25. The number of carbonyl (C=O) groups excluding carboxylic acids is 3. The Morgan fingerprint density at radius 2 is 1.81 bits per heavy atom. The molecule has 0 aliphatic carbocycles. The molecular formula is C28H29N3O5. The number of methoxy groups -OCH3 is 2. The quantitative estimate of drug-likeness (QED) is 0.532. The summed E-state index contributed by atoms with van der Waals surface area (Å²) in [6.45, 7) is 1.90. The molecular weight excluding hydrogens is 458 g/mol. The minimum Gasteiger partial charge on any atom is -0.497 e. The zero-order chi connectivity index (χ0) is 25.4. The summed E-state index contributed by atoms with van der Waals surface area (Å²) in [7, 11) is 3.18. The van der Waals surface area contributed by atoms with Crippen molar-refractivity contribution in [2.75, 3.05) is 27.3 Å². The molecule has 0 spiro atoms. The van der Waals surface area contributed by atoms with E-state index < -0.39 is 17.5 Å². The van der Waals surface area contributed by atoms with Gasteiger partial charge in [0.15, 0.2) is 0 Å². The molecule has 8 heteroatoms. The average molecular weight is 488 g/mol. The van der Waals surface area contributed by atoms with Crippen molar-refractivity contribution >= 4 is 28.6 Å². The Morgan fingerprint density at radius 1 is 1.03 bits per heavy atom. The molecule has 3 aromatic carbocycles. The molecule has 2 aliphatic rings. The summed E-state index contributed by atoms with van der Waals surface area (Å²) in [4.78, 5) is 42.6. The molecule has 4 amide bonds. The Kier molecular flexibility index (Phi) is 6.04. The van der Waals surface area contributed by atoms with E-state index in [1.165, 1.54) is 0 Å². The molecule has 2 aliphatic heterocycles. The second-order valence-corrected chi connectivity index (χ2v) is 9.36. The monoisotopic (exact) mass is 487 g/mol. The zero-order valence-corrected chi connectivity index (χ0v) is 20.6. The van der Waals surface area contributed by atoms with E-state index in [0.717, 1.165) is 34.1 Å². The number of amides is 4. The van der Waals surface area contributed by atoms with E-state index >= 15 is 0 Å². The second kappa shape index (κ2) is 9.18. The number of likely N-dealkylation sites (tertiary alicyclic amines) is 1. The smallest absolute Gasteiger partial charge is 0.325 e. The first-order valence-corrected chi connectivity index (χ1v) is 12.0. The fourth-order valence-electron chi connectivity index (χ4n) is 5.25. The first-order valence-electron chi connectivity index (χ1n) is 12.0. The standard InChI is InChI=1S/C28H29N3O5/c1-28(20-11-10-18-7-4-5-8-19(18)15-20)26(33)31(27(34)29-28)17-25(32)30-14-6-9-23(30)22-16-21(35-2)12-13-24(22)36-3/h4-5,7-8,10-13,15-16,23H,6,9,14,17H2,1-3H3,(H,29,34). The van der Waals surface area contributed by atoms with Gasteiger partial charge in [0.25, 0.3) is 5.91 Å². The van der Waals surface area contributed by atoms with Gasteiger partial charge in [-0.25, -0.2) is 4.79 Å². The van der Waals surface area contributed by atoms with Crippen molar-refractivity contribution in [2.45, 2.75) is 31.3 Å². The maximum absolute atomic E-state index is 13.5. The van der Waals surface area contributed by atoms with Crippen LogP contribution in [0.4, 0.5) is 4.79 Å². The number of hydrogen-bond acceptors (Lipinski definition) is 5. The first kappa shape index (κ1) is 23.7. The normalized spacial score (nSPS) is 21.7. The molecule has 3 aromatic rings. The zero-order valence-electron chi connectivity index (χ0n) is 20.6. The van der Waals surface area contributed by atoms with Crippen LogP contribution < -0.4 is 14.8 Å². The Hall–Kier alpha value is -4.07. The van der Waals surface area contributed by atoms with Crippen LogP contribution in [-0.4, -0.2) is 55.0 Å². The Balaban J connectivity index is 1.38. The molecule has 0 radical (unpaired) electrons. The number of nitrogens with one attached hydrogen (secondary N) is 1. The number of fused-ring (bicyclic) bond motifs is 1. The minimum atomic E-state index is -1.25. The molecule has 2 unspecified atom stereocenters. The van der Waals surface area contributed by atoms with Crippen LogP contribution in [0.25, 0.3) is 10.8 Å². The lowest BCUT2D eigenvalue weighted by Crippen LogP contribution is -2.44. The molecule has 36 heavy (non-hydrogen) atoms. The van der Waals surface area contributed by atoms with Gasteiger partial charge in [0, 0.05) is 12.1 Å². The van der Waals surface area contributed by atoms with Gasteiger partial charge in [0.1, 0.15) is 23.6 Å². The predicted molar refractivity (Wildman–Crippen MR) is 135 cm³/mol. The van der Waals surface area contributed by atoms with Crippen LogP contribution in [-0.2, 0) is 15.1 Å². The van der Waals surface area contributed by atoms with Crippen molar-refractivity contribution in [1.29, 1.82) is 0 Å². The lowest BCUT2D eigenvalue weighted by Gasteiger charge is -2.28. The number of hydrogen-bond donors (Lipinski definition) is 1. The van der Waals surface area contributed by atoms with Gasteiger partial charge < -0.3 is 19.7 Å². The maximum atomic E-state index is 13.5. The summed E-state index contributed by atoms with van der Waals surface area (Å²) >= 11 is 0. The molecule has 0 aromatic heterocycles. The SMILES string of the molecule is COc1ccc(OC)c(C2CCCN2C(=O)CN2C(=O)NC(C)(c3ccc4ccccc4c3)C2=O)c1. The van der Waals surface area contributed by atoms with E-state index in [2.05, 4.69) is 5.32 Å². The van der Waals surface area contributed by atoms with Crippen LogP contribution >= 0.6 is 0 Å². The van der Waals surface area contributed by atoms with Gasteiger partial charge in [0.05, 0.1) is 20.3 Å². The first-order chi connectivity index (χ1) is 17.4. The van der Waals surface area contributed by atoms with Gasteiger partial charge in [0.2, 0.25) is 5.91 Å². The third-order valence-electron chi connectivity index (χ3n) is 7.26. The molecule has 2 heterocycles. The second-order valence-electron chi connectivity index (χ2n) is 9.36. The molecule has 186 valence electrons. The number of ether oxygens (including phenoxy) is 2. The van der Waals surface area contributed by atoms with Crippen LogP contribution in [0.3, 0.4) is 0 Å². The molecule has 2 atom stereocenters. The molecule has 0 bridgehead atoms. The van der Waals surface area contributed by atoms with Crippen molar-refractivity contribution < 1.29 is 23.9 Å². The highest BCUT2D eigenvalue weighted by molar-refractivity contribution is 6.09. The van der Waals surface area contributed by atoms with E-state index in [4.69, 9.17) is 9.47 Å². The van der Waals surface area contributed by atoms with E-state index in [-0.39, 0.29) is 18.5 Å². The molecule has 2 fully saturated rings. The predicted octanol–water partition coefficient (Wildman–Crippen LogP) is 3.99. The Labute approximate surface area is 209 Å². The number of carbonyl (C=O) groups is 3. The lowest BCUT2D eigenvalue weighted by molar-refractivity contribution is -0.139. The summed E-state index contributed by atoms with van der Waals surface area (Å²) in [6, 6.07) is 18.2. The van der Waals surface area contributed by atoms with Crippen molar-refractivity contribution in [3.8, 4) is 11.5 Å². The molecule has 1 N–H and O–H groups in total. The van der Waals surface area contributed by atoms with E-state index in [9.17, 15) is 14.4 Å². The summed E-state index contributed by atoms with van der Waals surface area (Å²) in [5, 5.41) is 4.83. The van der Waals surface area contributed by atoms with Crippen molar-refractivity contribution in [2.24, 2.45) is 0 Å². The fraction of sp³-hybridized carbons (Fsp3) is 0.321. The van der Waals surface area contributed by atoms with Gasteiger partial charge in [-0.3, -0.25) is 14.5 Å². The third kappa shape index (κ3) is 3.92. The molecule has 8 nitrogen and oxygen atoms in total. The lowest BCUT2D eigenvalue weighted by atomic mass is 9.90. The topological polar surface area (TPSA) is 88.2 Å². The van der Waals surface area contributed by atoms with E-state index in [1.807, 2.05) is 60.7 Å². The van der Waals surface area contributed by atoms with Crippen molar-refractivity contribution in [1.82, 2.24) is 15.1 Å². The summed E-state index contributed by atoms with van der Waals surface area (Å²) < 4.78 is 10.9. The van der Waals surface area contributed by atoms with Crippen molar-refractivity contribution in [3.63, 3.8) is 0 Å². The highest BCUT2D eigenvalue weighted by atomic mass is 16.5. The van der Waals surface area contributed by atoms with Gasteiger partial charge >= 0.3 is 6.03 Å². The number of imide groups is 1. The summed E-state index contributed by atoms with van der Waals surface area (Å²) in [6.07, 6.45) is 1.57. The molecule has 5 rings (SSSR count). The van der Waals surface area contributed by atoms with Gasteiger partial charge in [-0.15, -0.1) is 0 Å². The van der Waals surface area contributed by atoms with E-state index in [1.54, 1.807) is 26.0 Å². The average Bonchev–Trinajstić information content (AvgIpc) is 3.47. The number of urea groups is 1. The van der Waals surface area contributed by atoms with E-state index in [0.29, 0.717) is 23.6 Å². The largest absolute Gasteiger partial charge is 0.497 e. The van der Waals surface area contributed by atoms with Crippen molar-refractivity contribution in [3.05, 3.63) is 71.8 Å². The van der Waals surface area contributed by atoms with Crippen LogP contribution in [0.2, 0.25) is 0 Å². The third-order valence-corrected chi connectivity index (χ3v) is 7.26. The van der Waals surface area contributed by atoms with Crippen LogP contribution in [0.15, 0.2) is 60.7 Å². The number of benzene rings is 3. The van der Waals surface area contributed by atoms with Crippen LogP contribution in [0.5, 0.6) is 11.5 Å². The van der Waals surface area contributed by atoms with Crippen LogP contribution in [0.1, 0.15) is 36.9 Å². The van der Waals surface area contributed by atoms with Crippen LogP contribution in [0, 0.1) is 0 Å². The number of rotatable bonds is 6. The highest BCUT2D eigenvalue weighted by Crippen LogP contribution is 2.39. The highest BCUT2D eigenvalue weighted by Gasteiger charge is 2.50.